The van der Waals surface area contributed by atoms with E-state index in [1.54, 1.807) is 0 Å². The van der Waals surface area contributed by atoms with Crippen LogP contribution in [-0.2, 0) is 13.2 Å². The van der Waals surface area contributed by atoms with Crippen LogP contribution in [-0.4, -0.2) is 19.8 Å². The Morgan fingerprint density at radius 1 is 0.957 bits per heavy atom. The van der Waals surface area contributed by atoms with Gasteiger partial charge in [-0.2, -0.15) is 0 Å². The van der Waals surface area contributed by atoms with Crippen LogP contribution in [0, 0.1) is 0 Å². The van der Waals surface area contributed by atoms with Crippen molar-refractivity contribution in [3.05, 3.63) is 53.6 Å². The summed E-state index contributed by atoms with van der Waals surface area (Å²) >= 11 is 0. The molecule has 2 aromatic rings. The third-order valence-corrected chi connectivity index (χ3v) is 3.69. The van der Waals surface area contributed by atoms with Crippen molar-refractivity contribution in [2.45, 2.75) is 26.5 Å². The molecule has 0 saturated carbocycles. The van der Waals surface area contributed by atoms with Crippen molar-refractivity contribution in [1.82, 2.24) is 5.32 Å². The van der Waals surface area contributed by atoms with Crippen LogP contribution >= 0.6 is 0 Å². The van der Waals surface area contributed by atoms with Gasteiger partial charge in [-0.25, -0.2) is 0 Å². The lowest BCUT2D eigenvalue weighted by molar-refractivity contribution is 0.171. The van der Waals surface area contributed by atoms with E-state index in [-0.39, 0.29) is 0 Å². The van der Waals surface area contributed by atoms with Gasteiger partial charge in [0, 0.05) is 6.54 Å². The Labute approximate surface area is 137 Å². The molecule has 2 aromatic carbocycles. The standard InChI is InChI=1S/C19H23NO3/c1-2-9-20-13-15-3-6-17(7-4-15)23-14-16-5-8-18-19(12-16)22-11-10-21-18/h3-8,12,20H,2,9-11,13-14H2,1H3. The van der Waals surface area contributed by atoms with E-state index >= 15 is 0 Å². The molecule has 0 fully saturated rings. The minimum Gasteiger partial charge on any atom is -0.489 e. The molecule has 23 heavy (non-hydrogen) atoms. The monoisotopic (exact) mass is 313 g/mol. The van der Waals surface area contributed by atoms with Crippen LogP contribution in [0.5, 0.6) is 17.2 Å². The zero-order valence-corrected chi connectivity index (χ0v) is 13.5. The zero-order valence-electron chi connectivity index (χ0n) is 13.5. The van der Waals surface area contributed by atoms with Crippen molar-refractivity contribution in [2.75, 3.05) is 19.8 Å². The summed E-state index contributed by atoms with van der Waals surface area (Å²) in [6.45, 7) is 5.84. The van der Waals surface area contributed by atoms with E-state index in [4.69, 9.17) is 14.2 Å². The van der Waals surface area contributed by atoms with E-state index in [9.17, 15) is 0 Å². The first-order chi connectivity index (χ1) is 11.3. The number of nitrogens with one attached hydrogen (secondary N) is 1. The predicted molar refractivity (Wildman–Crippen MR) is 90.2 cm³/mol. The van der Waals surface area contributed by atoms with E-state index in [0.717, 1.165) is 42.3 Å². The van der Waals surface area contributed by atoms with E-state index in [2.05, 4.69) is 24.4 Å². The summed E-state index contributed by atoms with van der Waals surface area (Å²) in [5.41, 5.74) is 2.34. The van der Waals surface area contributed by atoms with Gasteiger partial charge in [0.2, 0.25) is 0 Å². The molecule has 0 radical (unpaired) electrons. The summed E-state index contributed by atoms with van der Waals surface area (Å²) in [5.74, 6) is 2.48. The van der Waals surface area contributed by atoms with Crippen molar-refractivity contribution in [3.63, 3.8) is 0 Å². The third-order valence-electron chi connectivity index (χ3n) is 3.69. The molecule has 0 atom stereocenters. The molecule has 4 nitrogen and oxygen atoms in total. The Morgan fingerprint density at radius 3 is 2.48 bits per heavy atom. The summed E-state index contributed by atoms with van der Waals surface area (Å²) < 4.78 is 17.0. The van der Waals surface area contributed by atoms with Crippen molar-refractivity contribution < 1.29 is 14.2 Å². The van der Waals surface area contributed by atoms with Gasteiger partial charge >= 0.3 is 0 Å². The molecule has 1 aliphatic heterocycles. The fourth-order valence-electron chi connectivity index (χ4n) is 2.46. The summed E-state index contributed by atoms with van der Waals surface area (Å²) in [7, 11) is 0. The molecule has 0 spiro atoms. The highest BCUT2D eigenvalue weighted by molar-refractivity contribution is 5.43. The molecule has 0 amide bonds. The van der Waals surface area contributed by atoms with Crippen LogP contribution < -0.4 is 19.5 Å². The molecule has 0 aliphatic carbocycles. The Bertz CT molecular complexity index is 625. The Morgan fingerprint density at radius 2 is 1.70 bits per heavy atom. The number of hydrogen-bond acceptors (Lipinski definition) is 4. The summed E-state index contributed by atoms with van der Waals surface area (Å²) in [6.07, 6.45) is 1.15. The average molecular weight is 313 g/mol. The topological polar surface area (TPSA) is 39.7 Å². The predicted octanol–water partition coefficient (Wildman–Crippen LogP) is 3.54. The van der Waals surface area contributed by atoms with Gasteiger partial charge in [-0.1, -0.05) is 25.1 Å². The fourth-order valence-corrected chi connectivity index (χ4v) is 2.46. The van der Waals surface area contributed by atoms with Crippen LogP contribution in [0.3, 0.4) is 0 Å². The zero-order chi connectivity index (χ0) is 15.9. The maximum absolute atomic E-state index is 5.85. The van der Waals surface area contributed by atoms with Gasteiger partial charge < -0.3 is 19.5 Å². The van der Waals surface area contributed by atoms with Gasteiger partial charge in [-0.15, -0.1) is 0 Å². The second kappa shape index (κ2) is 7.88. The summed E-state index contributed by atoms with van der Waals surface area (Å²) in [6, 6.07) is 14.2. The lowest BCUT2D eigenvalue weighted by Gasteiger charge is -2.19. The largest absolute Gasteiger partial charge is 0.489 e. The average Bonchev–Trinajstić information content (AvgIpc) is 2.61. The molecule has 3 rings (SSSR count). The first-order valence-electron chi connectivity index (χ1n) is 8.16. The molecule has 1 N–H and O–H groups in total. The highest BCUT2D eigenvalue weighted by Gasteiger charge is 2.11. The Balaban J connectivity index is 1.53. The molecule has 1 aliphatic rings. The number of hydrogen-bond donors (Lipinski definition) is 1. The second-order valence-electron chi connectivity index (χ2n) is 5.59. The maximum atomic E-state index is 5.85. The molecular weight excluding hydrogens is 290 g/mol. The number of fused-ring (bicyclic) bond motifs is 1. The Kier molecular flexibility index (Phi) is 5.37. The lowest BCUT2D eigenvalue weighted by Crippen LogP contribution is -2.15. The minimum absolute atomic E-state index is 0.518. The van der Waals surface area contributed by atoms with E-state index in [1.807, 2.05) is 30.3 Å². The van der Waals surface area contributed by atoms with Crippen LogP contribution in [0.1, 0.15) is 24.5 Å². The van der Waals surface area contributed by atoms with Gasteiger partial charge in [0.1, 0.15) is 25.6 Å². The Hall–Kier alpha value is -2.20. The smallest absolute Gasteiger partial charge is 0.161 e. The molecule has 1 heterocycles. The molecular formula is C19H23NO3. The number of benzene rings is 2. The van der Waals surface area contributed by atoms with Crippen molar-refractivity contribution in [2.24, 2.45) is 0 Å². The van der Waals surface area contributed by atoms with Gasteiger partial charge in [-0.3, -0.25) is 0 Å². The van der Waals surface area contributed by atoms with E-state index < -0.39 is 0 Å². The molecule has 0 unspecified atom stereocenters. The van der Waals surface area contributed by atoms with Gasteiger partial charge in [0.15, 0.2) is 11.5 Å². The van der Waals surface area contributed by atoms with Gasteiger partial charge in [0.25, 0.3) is 0 Å². The van der Waals surface area contributed by atoms with Gasteiger partial charge in [-0.05, 0) is 48.4 Å². The number of rotatable bonds is 7. The van der Waals surface area contributed by atoms with Gasteiger partial charge in [0.05, 0.1) is 0 Å². The summed E-state index contributed by atoms with van der Waals surface area (Å²) in [4.78, 5) is 0. The minimum atomic E-state index is 0.518. The van der Waals surface area contributed by atoms with Crippen LogP contribution in [0.4, 0.5) is 0 Å². The summed E-state index contributed by atoms with van der Waals surface area (Å²) in [5, 5.41) is 3.39. The normalized spacial score (nSPS) is 12.9. The van der Waals surface area contributed by atoms with Crippen molar-refractivity contribution in [3.8, 4) is 17.2 Å². The maximum Gasteiger partial charge on any atom is 0.161 e. The van der Waals surface area contributed by atoms with Crippen LogP contribution in [0.2, 0.25) is 0 Å². The van der Waals surface area contributed by atoms with Crippen LogP contribution in [0.15, 0.2) is 42.5 Å². The number of ether oxygens (including phenoxy) is 3. The highest BCUT2D eigenvalue weighted by atomic mass is 16.6. The first-order valence-corrected chi connectivity index (χ1v) is 8.16. The van der Waals surface area contributed by atoms with E-state index in [1.165, 1.54) is 5.56 Å². The molecule has 0 bridgehead atoms. The van der Waals surface area contributed by atoms with Crippen molar-refractivity contribution >= 4 is 0 Å². The van der Waals surface area contributed by atoms with E-state index in [0.29, 0.717) is 19.8 Å². The molecule has 122 valence electrons. The first kappa shape index (κ1) is 15.7. The fraction of sp³-hybridized carbons (Fsp3) is 0.368. The second-order valence-corrected chi connectivity index (χ2v) is 5.59. The third kappa shape index (κ3) is 4.39. The molecule has 0 saturated heterocycles. The molecule has 4 heteroatoms. The lowest BCUT2D eigenvalue weighted by atomic mass is 10.2. The highest BCUT2D eigenvalue weighted by Crippen LogP contribution is 2.31. The quantitative estimate of drug-likeness (QED) is 0.794. The SMILES string of the molecule is CCCNCc1ccc(OCc2ccc3c(c2)OCCO3)cc1. The molecule has 0 aromatic heterocycles. The van der Waals surface area contributed by atoms with Crippen LogP contribution in [0.25, 0.3) is 0 Å². The van der Waals surface area contributed by atoms with Crippen molar-refractivity contribution in [1.29, 1.82) is 0 Å².